The van der Waals surface area contributed by atoms with Gasteiger partial charge in [0.1, 0.15) is 17.1 Å². The maximum Gasteiger partial charge on any atom is 0.242 e. The van der Waals surface area contributed by atoms with E-state index in [0.717, 1.165) is 37.1 Å². The van der Waals surface area contributed by atoms with Crippen LogP contribution < -0.4 is 5.32 Å². The quantitative estimate of drug-likeness (QED) is 0.767. The Kier molecular flexibility index (Phi) is 4.39. The van der Waals surface area contributed by atoms with Crippen LogP contribution in [0, 0.1) is 0 Å². The van der Waals surface area contributed by atoms with Gasteiger partial charge >= 0.3 is 0 Å². The molecule has 1 N–H and O–H groups in total. The molecule has 1 aliphatic rings. The lowest BCUT2D eigenvalue weighted by molar-refractivity contribution is -0.126. The van der Waals surface area contributed by atoms with Crippen molar-refractivity contribution in [3.63, 3.8) is 0 Å². The van der Waals surface area contributed by atoms with E-state index in [9.17, 15) is 4.79 Å². The van der Waals surface area contributed by atoms with Crippen molar-refractivity contribution in [3.8, 4) is 0 Å². The molecule has 0 radical (unpaired) electrons. The number of hydrogen-bond donors (Lipinski definition) is 1. The number of likely N-dealkylation sites (tertiary alicyclic amines) is 1. The molecule has 0 saturated carbocycles. The molecule has 0 spiro atoms. The highest BCUT2D eigenvalue weighted by Gasteiger charge is 2.29. The number of rotatable bonds is 5. The Morgan fingerprint density at radius 1 is 1.20 bits per heavy atom. The van der Waals surface area contributed by atoms with Gasteiger partial charge in [-0.05, 0) is 65.6 Å². The number of nitrogens with zero attached hydrogens (tertiary/aromatic N) is 4. The topological polar surface area (TPSA) is 84.2 Å². The summed E-state index contributed by atoms with van der Waals surface area (Å²) < 4.78 is 4.71. The summed E-state index contributed by atoms with van der Waals surface area (Å²) in [4.78, 5) is 19.3. The molecule has 1 saturated heterocycles. The van der Waals surface area contributed by atoms with Gasteiger partial charge in [0.25, 0.3) is 0 Å². The Bertz CT molecular complexity index is 858. The molecule has 3 heterocycles. The summed E-state index contributed by atoms with van der Waals surface area (Å²) in [5.74, 6) is -0.00623. The molecule has 4 rings (SSSR count). The number of nitrogens with one attached hydrogen (secondary N) is 1. The van der Waals surface area contributed by atoms with Gasteiger partial charge in [-0.2, -0.15) is 0 Å². The Hall–Kier alpha value is -2.80. The van der Waals surface area contributed by atoms with Crippen molar-refractivity contribution >= 4 is 16.9 Å². The molecule has 1 amide bonds. The number of hydrogen-bond acceptors (Lipinski definition) is 6. The summed E-state index contributed by atoms with van der Waals surface area (Å²) in [6.45, 7) is 2.30. The molecule has 1 atom stereocenters. The van der Waals surface area contributed by atoms with Crippen molar-refractivity contribution in [2.24, 2.45) is 0 Å². The summed E-state index contributed by atoms with van der Waals surface area (Å²) in [5, 5.41) is 10.7. The molecule has 0 aliphatic carbocycles. The summed E-state index contributed by atoms with van der Waals surface area (Å²) in [7, 11) is 0. The lowest BCUT2D eigenvalue weighted by atomic mass is 10.1. The van der Waals surface area contributed by atoms with Crippen molar-refractivity contribution in [1.82, 2.24) is 25.5 Å². The zero-order valence-corrected chi connectivity index (χ0v) is 13.8. The monoisotopic (exact) mass is 337 g/mol. The lowest BCUT2D eigenvalue weighted by Gasteiger charge is -2.26. The third kappa shape index (κ3) is 3.36. The van der Waals surface area contributed by atoms with E-state index in [1.54, 1.807) is 12.4 Å². The van der Waals surface area contributed by atoms with E-state index in [4.69, 9.17) is 4.63 Å². The molecular formula is C18H19N5O2. The first-order chi connectivity index (χ1) is 12.3. The van der Waals surface area contributed by atoms with Gasteiger partial charge in [0.2, 0.25) is 5.91 Å². The molecule has 7 nitrogen and oxygen atoms in total. The van der Waals surface area contributed by atoms with Crippen LogP contribution in [-0.4, -0.2) is 39.2 Å². The van der Waals surface area contributed by atoms with Crippen LogP contribution in [0.15, 0.2) is 47.4 Å². The molecule has 1 aromatic carbocycles. The molecular weight excluding hydrogens is 318 g/mol. The summed E-state index contributed by atoms with van der Waals surface area (Å²) in [6.07, 6.45) is 5.75. The number of aromatic nitrogens is 3. The molecule has 2 aromatic heterocycles. The summed E-state index contributed by atoms with van der Waals surface area (Å²) >= 11 is 0. The third-order valence-corrected chi connectivity index (χ3v) is 4.54. The van der Waals surface area contributed by atoms with Gasteiger partial charge in [0, 0.05) is 18.9 Å². The van der Waals surface area contributed by atoms with E-state index in [2.05, 4.69) is 25.5 Å². The Balaban J connectivity index is 1.50. The van der Waals surface area contributed by atoms with Crippen LogP contribution in [0.25, 0.3) is 11.0 Å². The van der Waals surface area contributed by atoms with E-state index >= 15 is 0 Å². The average molecular weight is 337 g/mol. The first-order valence-electron chi connectivity index (χ1n) is 8.44. The van der Waals surface area contributed by atoms with Gasteiger partial charge in [-0.1, -0.05) is 12.1 Å². The van der Waals surface area contributed by atoms with Crippen LogP contribution in [0.2, 0.25) is 0 Å². The van der Waals surface area contributed by atoms with Crippen LogP contribution in [0.1, 0.15) is 30.0 Å². The Morgan fingerprint density at radius 3 is 2.84 bits per heavy atom. The normalized spacial score (nSPS) is 16.2. The first kappa shape index (κ1) is 15.7. The number of benzene rings is 1. The minimum absolute atomic E-state index is 0.00623. The van der Waals surface area contributed by atoms with Gasteiger partial charge < -0.3 is 5.32 Å². The maximum absolute atomic E-state index is 12.9. The lowest BCUT2D eigenvalue weighted by Crippen LogP contribution is -2.39. The summed E-state index contributed by atoms with van der Waals surface area (Å²) in [6, 6.07) is 9.17. The third-order valence-electron chi connectivity index (χ3n) is 4.54. The van der Waals surface area contributed by atoms with E-state index in [1.807, 2.05) is 30.3 Å². The SMILES string of the molecule is O=C(NCc1ccc2nonc2c1)[C@@H](c1cccnc1)N1CCCC1. The number of amides is 1. The Morgan fingerprint density at radius 2 is 2.04 bits per heavy atom. The first-order valence-corrected chi connectivity index (χ1v) is 8.44. The molecule has 0 bridgehead atoms. The molecule has 0 unspecified atom stereocenters. The highest BCUT2D eigenvalue weighted by Crippen LogP contribution is 2.25. The van der Waals surface area contributed by atoms with Crippen molar-refractivity contribution in [2.45, 2.75) is 25.4 Å². The van der Waals surface area contributed by atoms with Crippen molar-refractivity contribution < 1.29 is 9.42 Å². The maximum atomic E-state index is 12.9. The summed E-state index contributed by atoms with van der Waals surface area (Å²) in [5.41, 5.74) is 3.29. The second-order valence-electron chi connectivity index (χ2n) is 6.24. The van der Waals surface area contributed by atoms with Crippen molar-refractivity contribution in [1.29, 1.82) is 0 Å². The number of carbonyl (C=O) groups is 1. The molecule has 128 valence electrons. The van der Waals surface area contributed by atoms with E-state index in [1.165, 1.54) is 0 Å². The predicted molar refractivity (Wildman–Crippen MR) is 91.4 cm³/mol. The molecule has 25 heavy (non-hydrogen) atoms. The van der Waals surface area contributed by atoms with Crippen molar-refractivity contribution in [2.75, 3.05) is 13.1 Å². The zero-order valence-electron chi connectivity index (χ0n) is 13.8. The Labute approximate surface area is 145 Å². The van der Waals surface area contributed by atoms with Gasteiger partial charge in [-0.15, -0.1) is 0 Å². The minimum atomic E-state index is -0.298. The van der Waals surface area contributed by atoms with Gasteiger partial charge in [0.15, 0.2) is 0 Å². The highest BCUT2D eigenvalue weighted by atomic mass is 16.6. The molecule has 1 fully saturated rings. The van der Waals surface area contributed by atoms with E-state index in [0.29, 0.717) is 17.6 Å². The van der Waals surface area contributed by atoms with Crippen LogP contribution >= 0.6 is 0 Å². The predicted octanol–water partition coefficient (Wildman–Crippen LogP) is 2.07. The van der Waals surface area contributed by atoms with Crippen molar-refractivity contribution in [3.05, 3.63) is 53.9 Å². The van der Waals surface area contributed by atoms with Gasteiger partial charge in [-0.25, -0.2) is 4.63 Å². The van der Waals surface area contributed by atoms with E-state index in [-0.39, 0.29) is 11.9 Å². The second kappa shape index (κ2) is 6.98. The van der Waals surface area contributed by atoms with Gasteiger partial charge in [0.05, 0.1) is 0 Å². The fourth-order valence-corrected chi connectivity index (χ4v) is 3.29. The number of pyridine rings is 1. The highest BCUT2D eigenvalue weighted by molar-refractivity contribution is 5.83. The zero-order chi connectivity index (χ0) is 17.1. The molecule has 3 aromatic rings. The molecule has 7 heteroatoms. The van der Waals surface area contributed by atoms with Crippen LogP contribution in [0.3, 0.4) is 0 Å². The fraction of sp³-hybridized carbons (Fsp3) is 0.333. The fourth-order valence-electron chi connectivity index (χ4n) is 3.29. The largest absolute Gasteiger partial charge is 0.350 e. The average Bonchev–Trinajstić information content (AvgIpc) is 3.32. The standard InChI is InChI=1S/C18H19N5O2/c24-18(20-11-13-5-6-15-16(10-13)22-25-21-15)17(23-8-1-2-9-23)14-4-3-7-19-12-14/h3-7,10,12,17H,1-2,8-9,11H2,(H,20,24)/t17-/m1/s1. The second-order valence-corrected chi connectivity index (χ2v) is 6.24. The minimum Gasteiger partial charge on any atom is -0.350 e. The van der Waals surface area contributed by atoms with Crippen LogP contribution in [0.5, 0.6) is 0 Å². The smallest absolute Gasteiger partial charge is 0.242 e. The van der Waals surface area contributed by atoms with Crippen LogP contribution in [0.4, 0.5) is 0 Å². The number of carbonyl (C=O) groups excluding carboxylic acids is 1. The van der Waals surface area contributed by atoms with Crippen LogP contribution in [-0.2, 0) is 11.3 Å². The van der Waals surface area contributed by atoms with Gasteiger partial charge in [-0.3, -0.25) is 14.7 Å². The number of fused-ring (bicyclic) bond motifs is 1. The molecule has 1 aliphatic heterocycles. The van der Waals surface area contributed by atoms with E-state index < -0.39 is 0 Å².